The molecule has 138 valence electrons. The number of nitrogens with zero attached hydrogens (tertiary/aromatic N) is 2. The predicted octanol–water partition coefficient (Wildman–Crippen LogP) is 2.01. The Morgan fingerprint density at radius 1 is 1.16 bits per heavy atom. The Kier molecular flexibility index (Phi) is 6.47. The standard InChI is InChI=1S/C19H27N3O2.ClH/c1-13(2)18(23)21(3)10-14-4-6-15(7-5-14)19(24)22-11-16-8-20-9-17(16)12-22;/h4-7,13,16-17,20H,8-12H2,1-3H3;1H/t16-,17+;. The second-order valence-electron chi connectivity index (χ2n) is 7.43. The van der Waals surface area contributed by atoms with Crippen LogP contribution in [0.4, 0.5) is 0 Å². The van der Waals surface area contributed by atoms with E-state index in [-0.39, 0.29) is 30.1 Å². The van der Waals surface area contributed by atoms with Gasteiger partial charge in [0, 0.05) is 51.3 Å². The minimum Gasteiger partial charge on any atom is -0.341 e. The van der Waals surface area contributed by atoms with Crippen molar-refractivity contribution in [1.82, 2.24) is 15.1 Å². The van der Waals surface area contributed by atoms with Crippen LogP contribution in [-0.4, -0.2) is 54.8 Å². The summed E-state index contributed by atoms with van der Waals surface area (Å²) in [6, 6.07) is 7.68. The minimum absolute atomic E-state index is 0. The monoisotopic (exact) mass is 365 g/mol. The molecule has 0 radical (unpaired) electrons. The Balaban J connectivity index is 0.00000225. The first-order valence-electron chi connectivity index (χ1n) is 8.79. The third-order valence-corrected chi connectivity index (χ3v) is 5.17. The van der Waals surface area contributed by atoms with Crippen LogP contribution in [-0.2, 0) is 11.3 Å². The van der Waals surface area contributed by atoms with Gasteiger partial charge in [-0.1, -0.05) is 26.0 Å². The van der Waals surface area contributed by atoms with Crippen LogP contribution in [0.1, 0.15) is 29.8 Å². The third-order valence-electron chi connectivity index (χ3n) is 5.17. The van der Waals surface area contributed by atoms with Crippen LogP contribution in [0.5, 0.6) is 0 Å². The first-order valence-corrected chi connectivity index (χ1v) is 8.79. The van der Waals surface area contributed by atoms with E-state index in [1.54, 1.807) is 4.90 Å². The molecule has 0 bridgehead atoms. The van der Waals surface area contributed by atoms with Crippen molar-refractivity contribution in [3.63, 3.8) is 0 Å². The molecule has 0 unspecified atom stereocenters. The van der Waals surface area contributed by atoms with Crippen molar-refractivity contribution in [2.45, 2.75) is 20.4 Å². The molecule has 2 heterocycles. The zero-order valence-electron chi connectivity index (χ0n) is 15.2. The molecule has 25 heavy (non-hydrogen) atoms. The van der Waals surface area contributed by atoms with Crippen LogP contribution in [0.15, 0.2) is 24.3 Å². The second kappa shape index (κ2) is 8.19. The molecule has 2 fully saturated rings. The van der Waals surface area contributed by atoms with Gasteiger partial charge >= 0.3 is 0 Å². The molecule has 2 atom stereocenters. The summed E-state index contributed by atoms with van der Waals surface area (Å²) in [7, 11) is 1.82. The maximum Gasteiger partial charge on any atom is 0.253 e. The molecule has 0 aliphatic carbocycles. The SMILES string of the molecule is CC(C)C(=O)N(C)Cc1ccc(C(=O)N2C[C@H]3CNC[C@H]3C2)cc1.Cl. The molecule has 1 N–H and O–H groups in total. The number of carbonyl (C=O) groups is 2. The lowest BCUT2D eigenvalue weighted by atomic mass is 10.0. The predicted molar refractivity (Wildman–Crippen MR) is 101 cm³/mol. The van der Waals surface area contributed by atoms with Crippen LogP contribution >= 0.6 is 12.4 Å². The fourth-order valence-corrected chi connectivity index (χ4v) is 3.75. The number of likely N-dealkylation sites (tertiary alicyclic amines) is 1. The van der Waals surface area contributed by atoms with Gasteiger partial charge in [0.15, 0.2) is 0 Å². The first kappa shape index (κ1) is 19.7. The smallest absolute Gasteiger partial charge is 0.253 e. The lowest BCUT2D eigenvalue weighted by Gasteiger charge is -2.20. The summed E-state index contributed by atoms with van der Waals surface area (Å²) in [5, 5.41) is 3.40. The van der Waals surface area contributed by atoms with Crippen molar-refractivity contribution >= 4 is 24.2 Å². The average Bonchev–Trinajstić information content (AvgIpc) is 3.15. The molecule has 0 spiro atoms. The van der Waals surface area contributed by atoms with Crippen LogP contribution in [0.2, 0.25) is 0 Å². The first-order chi connectivity index (χ1) is 11.5. The largest absolute Gasteiger partial charge is 0.341 e. The highest BCUT2D eigenvalue weighted by Gasteiger charge is 2.38. The van der Waals surface area contributed by atoms with Crippen LogP contribution in [0.25, 0.3) is 0 Å². The number of nitrogens with one attached hydrogen (secondary N) is 1. The second-order valence-corrected chi connectivity index (χ2v) is 7.43. The van der Waals surface area contributed by atoms with Gasteiger partial charge < -0.3 is 15.1 Å². The summed E-state index contributed by atoms with van der Waals surface area (Å²) in [6.07, 6.45) is 0. The molecule has 2 aliphatic heterocycles. The normalized spacial score (nSPS) is 21.8. The summed E-state index contributed by atoms with van der Waals surface area (Å²) < 4.78 is 0. The molecular weight excluding hydrogens is 338 g/mol. The number of halogens is 1. The minimum atomic E-state index is -0.0000381. The van der Waals surface area contributed by atoms with E-state index in [9.17, 15) is 9.59 Å². The zero-order chi connectivity index (χ0) is 17.3. The van der Waals surface area contributed by atoms with Gasteiger partial charge in [0.1, 0.15) is 0 Å². The fourth-order valence-electron chi connectivity index (χ4n) is 3.75. The number of hydrogen-bond acceptors (Lipinski definition) is 3. The molecule has 0 aromatic heterocycles. The van der Waals surface area contributed by atoms with Gasteiger partial charge in [0.25, 0.3) is 5.91 Å². The number of carbonyl (C=O) groups excluding carboxylic acids is 2. The van der Waals surface area contributed by atoms with E-state index in [0.29, 0.717) is 18.4 Å². The Bertz CT molecular complexity index is 606. The van der Waals surface area contributed by atoms with Crippen molar-refractivity contribution in [1.29, 1.82) is 0 Å². The van der Waals surface area contributed by atoms with E-state index in [1.807, 2.05) is 50.1 Å². The molecule has 1 aromatic rings. The van der Waals surface area contributed by atoms with Crippen molar-refractivity contribution in [2.75, 3.05) is 33.2 Å². The third kappa shape index (κ3) is 4.33. The topological polar surface area (TPSA) is 52.7 Å². The lowest BCUT2D eigenvalue weighted by Crippen LogP contribution is -2.32. The highest BCUT2D eigenvalue weighted by molar-refractivity contribution is 5.94. The van der Waals surface area contributed by atoms with Gasteiger partial charge in [-0.2, -0.15) is 0 Å². The molecule has 0 saturated carbocycles. The number of amides is 2. The van der Waals surface area contributed by atoms with Crippen LogP contribution in [0.3, 0.4) is 0 Å². The van der Waals surface area contributed by atoms with Crippen molar-refractivity contribution < 1.29 is 9.59 Å². The summed E-state index contributed by atoms with van der Waals surface area (Å²) in [5.74, 6) is 1.49. The van der Waals surface area contributed by atoms with E-state index in [2.05, 4.69) is 5.32 Å². The van der Waals surface area contributed by atoms with Gasteiger partial charge in [-0.15, -0.1) is 12.4 Å². The maximum absolute atomic E-state index is 12.7. The molecule has 2 aliphatic rings. The van der Waals surface area contributed by atoms with Crippen molar-refractivity contribution in [3.8, 4) is 0 Å². The summed E-state index contributed by atoms with van der Waals surface area (Å²) in [6.45, 7) is 8.18. The van der Waals surface area contributed by atoms with Crippen molar-refractivity contribution in [2.24, 2.45) is 17.8 Å². The van der Waals surface area contributed by atoms with E-state index in [1.165, 1.54) is 0 Å². The van der Waals surface area contributed by atoms with E-state index in [4.69, 9.17) is 0 Å². The maximum atomic E-state index is 12.7. The van der Waals surface area contributed by atoms with Gasteiger partial charge in [-0.05, 0) is 29.5 Å². The summed E-state index contributed by atoms with van der Waals surface area (Å²) in [4.78, 5) is 28.3. The Labute approximate surface area is 156 Å². The Hall–Kier alpha value is -1.59. The quantitative estimate of drug-likeness (QED) is 0.888. The van der Waals surface area contributed by atoms with Gasteiger partial charge in [-0.25, -0.2) is 0 Å². The molecule has 2 amide bonds. The number of rotatable bonds is 4. The van der Waals surface area contributed by atoms with E-state index < -0.39 is 0 Å². The van der Waals surface area contributed by atoms with Gasteiger partial charge in [-0.3, -0.25) is 9.59 Å². The Morgan fingerprint density at radius 2 is 1.72 bits per heavy atom. The van der Waals surface area contributed by atoms with E-state index in [0.717, 1.165) is 37.3 Å². The number of benzene rings is 1. The van der Waals surface area contributed by atoms with E-state index >= 15 is 0 Å². The highest BCUT2D eigenvalue weighted by Crippen LogP contribution is 2.27. The zero-order valence-corrected chi connectivity index (χ0v) is 16.0. The van der Waals surface area contributed by atoms with Crippen LogP contribution in [0, 0.1) is 17.8 Å². The number of fused-ring (bicyclic) bond motifs is 1. The molecule has 5 nitrogen and oxygen atoms in total. The van der Waals surface area contributed by atoms with Crippen molar-refractivity contribution in [3.05, 3.63) is 35.4 Å². The highest BCUT2D eigenvalue weighted by atomic mass is 35.5. The molecule has 3 rings (SSSR count). The molecule has 1 aromatic carbocycles. The molecular formula is C19H28ClN3O2. The summed E-state index contributed by atoms with van der Waals surface area (Å²) in [5.41, 5.74) is 1.79. The fraction of sp³-hybridized carbons (Fsp3) is 0.579. The van der Waals surface area contributed by atoms with Gasteiger partial charge in [0.05, 0.1) is 0 Å². The average molecular weight is 366 g/mol. The van der Waals surface area contributed by atoms with Crippen LogP contribution < -0.4 is 5.32 Å². The summed E-state index contributed by atoms with van der Waals surface area (Å²) >= 11 is 0. The Morgan fingerprint density at radius 3 is 2.24 bits per heavy atom. The lowest BCUT2D eigenvalue weighted by molar-refractivity contribution is -0.133. The number of hydrogen-bond donors (Lipinski definition) is 1. The molecule has 2 saturated heterocycles. The molecule has 6 heteroatoms. The van der Waals surface area contributed by atoms with Gasteiger partial charge in [0.2, 0.25) is 5.91 Å².